The lowest BCUT2D eigenvalue weighted by Crippen LogP contribution is -2.09. The van der Waals surface area contributed by atoms with Crippen LogP contribution in [0.1, 0.15) is 22.6 Å². The van der Waals surface area contributed by atoms with E-state index in [2.05, 4.69) is 5.16 Å². The summed E-state index contributed by atoms with van der Waals surface area (Å²) in [5.74, 6) is -0.550. The summed E-state index contributed by atoms with van der Waals surface area (Å²) in [4.78, 5) is 0. The molecule has 0 unspecified atom stereocenters. The van der Waals surface area contributed by atoms with E-state index in [4.69, 9.17) is 4.52 Å². The predicted molar refractivity (Wildman–Crippen MR) is 68.7 cm³/mol. The van der Waals surface area contributed by atoms with Crippen LogP contribution in [0.25, 0.3) is 0 Å². The van der Waals surface area contributed by atoms with Gasteiger partial charge in [0.2, 0.25) is 0 Å². The SMILES string of the molecule is Cc1noc(C)c1CS(=O)(=O)Cc1ccccc1F. The van der Waals surface area contributed by atoms with Crippen molar-refractivity contribution in [1.29, 1.82) is 0 Å². The van der Waals surface area contributed by atoms with Gasteiger partial charge in [-0.05, 0) is 19.9 Å². The lowest BCUT2D eigenvalue weighted by molar-refractivity contribution is 0.392. The van der Waals surface area contributed by atoms with Gasteiger partial charge in [-0.1, -0.05) is 23.4 Å². The van der Waals surface area contributed by atoms with Crippen LogP contribution in [0.4, 0.5) is 4.39 Å². The minimum Gasteiger partial charge on any atom is -0.361 e. The molecule has 0 aliphatic rings. The van der Waals surface area contributed by atoms with E-state index >= 15 is 0 Å². The van der Waals surface area contributed by atoms with Crippen LogP contribution in [0.3, 0.4) is 0 Å². The second kappa shape index (κ2) is 5.13. The van der Waals surface area contributed by atoms with Gasteiger partial charge in [-0.2, -0.15) is 0 Å². The Bertz CT molecular complexity index is 672. The zero-order valence-electron chi connectivity index (χ0n) is 10.7. The average molecular weight is 283 g/mol. The van der Waals surface area contributed by atoms with E-state index in [-0.39, 0.29) is 17.1 Å². The first-order chi connectivity index (χ1) is 8.89. The first-order valence-electron chi connectivity index (χ1n) is 5.74. The summed E-state index contributed by atoms with van der Waals surface area (Å²) in [6, 6.07) is 5.87. The topological polar surface area (TPSA) is 60.2 Å². The Morgan fingerprint density at radius 1 is 1.21 bits per heavy atom. The molecule has 0 aliphatic heterocycles. The summed E-state index contributed by atoms with van der Waals surface area (Å²) in [6.07, 6.45) is 0. The monoisotopic (exact) mass is 283 g/mol. The van der Waals surface area contributed by atoms with Gasteiger partial charge < -0.3 is 4.52 Å². The molecule has 0 spiro atoms. The van der Waals surface area contributed by atoms with Crippen LogP contribution < -0.4 is 0 Å². The second-order valence-corrected chi connectivity index (χ2v) is 6.49. The molecule has 0 fully saturated rings. The number of hydrogen-bond acceptors (Lipinski definition) is 4. The van der Waals surface area contributed by atoms with Crippen LogP contribution in [0.2, 0.25) is 0 Å². The van der Waals surface area contributed by atoms with Crippen molar-refractivity contribution in [2.24, 2.45) is 0 Å². The van der Waals surface area contributed by atoms with Gasteiger partial charge in [0.1, 0.15) is 11.6 Å². The lowest BCUT2D eigenvalue weighted by atomic mass is 10.2. The molecule has 19 heavy (non-hydrogen) atoms. The van der Waals surface area contributed by atoms with Crippen LogP contribution in [-0.4, -0.2) is 13.6 Å². The largest absolute Gasteiger partial charge is 0.361 e. The van der Waals surface area contributed by atoms with Crippen LogP contribution in [-0.2, 0) is 21.3 Å². The Morgan fingerprint density at radius 3 is 2.47 bits per heavy atom. The first kappa shape index (κ1) is 13.7. The zero-order chi connectivity index (χ0) is 14.0. The van der Waals surface area contributed by atoms with Crippen molar-refractivity contribution in [3.05, 3.63) is 52.7 Å². The quantitative estimate of drug-likeness (QED) is 0.865. The molecule has 2 aromatic rings. The summed E-state index contributed by atoms with van der Waals surface area (Å²) in [7, 11) is -3.47. The second-order valence-electron chi connectivity index (χ2n) is 4.43. The van der Waals surface area contributed by atoms with Crippen molar-refractivity contribution < 1.29 is 17.3 Å². The molecule has 0 saturated carbocycles. The van der Waals surface area contributed by atoms with Crippen molar-refractivity contribution in [3.63, 3.8) is 0 Å². The van der Waals surface area contributed by atoms with Gasteiger partial charge in [0.15, 0.2) is 9.84 Å². The maximum atomic E-state index is 13.5. The average Bonchev–Trinajstić information content (AvgIpc) is 2.63. The summed E-state index contributed by atoms with van der Waals surface area (Å²) in [6.45, 7) is 3.35. The standard InChI is InChI=1S/C13H14FNO3S/c1-9-12(10(2)18-15-9)8-19(16,17)7-11-5-3-4-6-13(11)14/h3-6H,7-8H2,1-2H3. The minimum absolute atomic E-state index is 0.175. The van der Waals surface area contributed by atoms with E-state index in [1.807, 2.05) is 0 Å². The highest BCUT2D eigenvalue weighted by Gasteiger charge is 2.20. The highest BCUT2D eigenvalue weighted by atomic mass is 32.2. The minimum atomic E-state index is -3.47. The molecule has 1 aromatic heterocycles. The van der Waals surface area contributed by atoms with E-state index in [0.29, 0.717) is 17.0 Å². The third-order valence-corrected chi connectivity index (χ3v) is 4.36. The molecule has 1 aromatic carbocycles. The fourth-order valence-electron chi connectivity index (χ4n) is 1.83. The number of halogens is 1. The maximum absolute atomic E-state index is 13.5. The number of aryl methyl sites for hydroxylation is 2. The third kappa shape index (κ3) is 3.20. The molecule has 0 saturated heterocycles. The van der Waals surface area contributed by atoms with Gasteiger partial charge >= 0.3 is 0 Å². The van der Waals surface area contributed by atoms with Gasteiger partial charge in [0.05, 0.1) is 17.2 Å². The fraction of sp³-hybridized carbons (Fsp3) is 0.308. The van der Waals surface area contributed by atoms with Crippen LogP contribution in [0.5, 0.6) is 0 Å². The normalized spacial score (nSPS) is 11.7. The van der Waals surface area contributed by atoms with E-state index in [9.17, 15) is 12.8 Å². The molecule has 4 nitrogen and oxygen atoms in total. The summed E-state index contributed by atoms with van der Waals surface area (Å²) in [5, 5.41) is 3.71. The number of nitrogens with zero attached hydrogens (tertiary/aromatic N) is 1. The van der Waals surface area contributed by atoms with Crippen molar-refractivity contribution in [3.8, 4) is 0 Å². The van der Waals surface area contributed by atoms with Gasteiger partial charge in [0, 0.05) is 11.1 Å². The highest BCUT2D eigenvalue weighted by Crippen LogP contribution is 2.19. The number of benzene rings is 1. The molecule has 2 rings (SSSR count). The Morgan fingerprint density at radius 2 is 1.89 bits per heavy atom. The van der Waals surface area contributed by atoms with Gasteiger partial charge in [0.25, 0.3) is 0 Å². The Labute approximate surface area is 111 Å². The van der Waals surface area contributed by atoms with Crippen molar-refractivity contribution in [2.45, 2.75) is 25.4 Å². The predicted octanol–water partition coefficient (Wildman–Crippen LogP) is 2.55. The molecular formula is C13H14FNO3S. The van der Waals surface area contributed by atoms with Gasteiger partial charge in [-0.3, -0.25) is 0 Å². The molecule has 0 amide bonds. The van der Waals surface area contributed by atoms with E-state index in [1.165, 1.54) is 18.2 Å². The van der Waals surface area contributed by atoms with Crippen molar-refractivity contribution in [1.82, 2.24) is 5.16 Å². The number of sulfone groups is 1. The molecule has 0 aliphatic carbocycles. The summed E-state index contributed by atoms with van der Waals surface area (Å²) >= 11 is 0. The summed E-state index contributed by atoms with van der Waals surface area (Å²) in [5.41, 5.74) is 1.28. The Hall–Kier alpha value is -1.69. The third-order valence-electron chi connectivity index (χ3n) is 2.88. The Kier molecular flexibility index (Phi) is 3.71. The van der Waals surface area contributed by atoms with E-state index < -0.39 is 15.7 Å². The molecule has 0 radical (unpaired) electrons. The highest BCUT2D eigenvalue weighted by molar-refractivity contribution is 7.89. The van der Waals surface area contributed by atoms with Crippen LogP contribution in [0, 0.1) is 19.7 Å². The fourth-order valence-corrected chi connectivity index (χ4v) is 3.49. The molecule has 102 valence electrons. The molecular weight excluding hydrogens is 269 g/mol. The molecule has 1 heterocycles. The number of rotatable bonds is 4. The van der Waals surface area contributed by atoms with Crippen LogP contribution >= 0.6 is 0 Å². The zero-order valence-corrected chi connectivity index (χ0v) is 11.5. The maximum Gasteiger partial charge on any atom is 0.158 e. The van der Waals surface area contributed by atoms with Gasteiger partial charge in [-0.15, -0.1) is 0 Å². The van der Waals surface area contributed by atoms with E-state index in [1.54, 1.807) is 19.9 Å². The van der Waals surface area contributed by atoms with Crippen LogP contribution in [0.15, 0.2) is 28.8 Å². The molecule has 0 atom stereocenters. The summed E-state index contributed by atoms with van der Waals surface area (Å²) < 4.78 is 42.6. The number of aromatic nitrogens is 1. The Balaban J connectivity index is 2.23. The van der Waals surface area contributed by atoms with E-state index in [0.717, 1.165) is 0 Å². The first-order valence-corrected chi connectivity index (χ1v) is 7.57. The number of hydrogen-bond donors (Lipinski definition) is 0. The van der Waals surface area contributed by atoms with Gasteiger partial charge in [-0.25, -0.2) is 12.8 Å². The molecule has 0 N–H and O–H groups in total. The molecule has 0 bridgehead atoms. The van der Waals surface area contributed by atoms with Crippen molar-refractivity contribution >= 4 is 9.84 Å². The smallest absolute Gasteiger partial charge is 0.158 e. The lowest BCUT2D eigenvalue weighted by Gasteiger charge is -2.05. The molecule has 6 heteroatoms. The van der Waals surface area contributed by atoms with Crippen molar-refractivity contribution in [2.75, 3.05) is 0 Å².